The Hall–Kier alpha value is -0.640. The highest BCUT2D eigenvalue weighted by Gasteiger charge is 2.22. The lowest BCUT2D eigenvalue weighted by Crippen LogP contribution is -2.27. The molecule has 1 aromatic carbocycles. The monoisotopic (exact) mass is 299 g/mol. The Bertz CT molecular complexity index is 421. The molecule has 1 atom stereocenters. The topological polar surface area (TPSA) is 21.3 Å². The molecule has 0 bridgehead atoms. The lowest BCUT2D eigenvalue weighted by atomic mass is 9.89. The molecule has 112 valence electrons. The van der Waals surface area contributed by atoms with Crippen molar-refractivity contribution in [3.63, 3.8) is 0 Å². The van der Waals surface area contributed by atoms with Crippen LogP contribution in [0.15, 0.2) is 18.2 Å². The fourth-order valence-electron chi connectivity index (χ4n) is 2.74. The van der Waals surface area contributed by atoms with Gasteiger partial charge in [-0.25, -0.2) is 4.39 Å². The van der Waals surface area contributed by atoms with Crippen molar-refractivity contribution < 1.29 is 9.13 Å². The first kappa shape index (κ1) is 15.7. The van der Waals surface area contributed by atoms with E-state index in [4.69, 9.17) is 16.3 Å². The molecule has 4 heteroatoms. The quantitative estimate of drug-likeness (QED) is 0.844. The highest BCUT2D eigenvalue weighted by atomic mass is 35.5. The molecule has 1 aromatic rings. The molecule has 1 aliphatic heterocycles. The Morgan fingerprint density at radius 3 is 2.85 bits per heavy atom. The lowest BCUT2D eigenvalue weighted by Gasteiger charge is -2.28. The second-order valence-corrected chi connectivity index (χ2v) is 5.82. The second kappa shape index (κ2) is 7.96. The number of hydrogen-bond acceptors (Lipinski definition) is 2. The molecule has 0 radical (unpaired) electrons. The zero-order valence-corrected chi connectivity index (χ0v) is 12.8. The molecule has 2 rings (SSSR count). The third-order valence-corrected chi connectivity index (χ3v) is 4.31. The number of benzene rings is 1. The van der Waals surface area contributed by atoms with Gasteiger partial charge in [0.25, 0.3) is 0 Å². The Kier molecular flexibility index (Phi) is 6.27. The molecule has 1 heterocycles. The Labute approximate surface area is 125 Å². The first-order valence-electron chi connectivity index (χ1n) is 7.47. The van der Waals surface area contributed by atoms with Crippen LogP contribution in [-0.4, -0.2) is 19.8 Å². The predicted octanol–water partition coefficient (Wildman–Crippen LogP) is 4.34. The minimum Gasteiger partial charge on any atom is -0.381 e. The molecule has 0 aromatic heterocycles. The average Bonchev–Trinajstić information content (AvgIpc) is 2.48. The maximum atomic E-state index is 13.7. The third kappa shape index (κ3) is 4.18. The van der Waals surface area contributed by atoms with Gasteiger partial charge in [-0.15, -0.1) is 0 Å². The van der Waals surface area contributed by atoms with E-state index in [9.17, 15) is 4.39 Å². The van der Waals surface area contributed by atoms with Crippen LogP contribution in [0.4, 0.5) is 4.39 Å². The van der Waals surface area contributed by atoms with Gasteiger partial charge < -0.3 is 10.1 Å². The van der Waals surface area contributed by atoms with Gasteiger partial charge >= 0.3 is 0 Å². The van der Waals surface area contributed by atoms with Crippen molar-refractivity contribution in [3.05, 3.63) is 34.6 Å². The van der Waals surface area contributed by atoms with E-state index < -0.39 is 0 Å². The summed E-state index contributed by atoms with van der Waals surface area (Å²) < 4.78 is 19.1. The molecular formula is C16H23ClFNO. The summed E-state index contributed by atoms with van der Waals surface area (Å²) in [5.74, 6) is 0.289. The molecule has 1 fully saturated rings. The molecule has 1 saturated heterocycles. The van der Waals surface area contributed by atoms with Gasteiger partial charge in [-0.1, -0.05) is 30.7 Å². The molecule has 0 saturated carbocycles. The van der Waals surface area contributed by atoms with Crippen LogP contribution in [0.2, 0.25) is 5.02 Å². The van der Waals surface area contributed by atoms with Crippen LogP contribution in [0, 0.1) is 11.7 Å². The minimum absolute atomic E-state index is 0.126. The highest BCUT2D eigenvalue weighted by molar-refractivity contribution is 6.31. The fraction of sp³-hybridized carbons (Fsp3) is 0.625. The summed E-state index contributed by atoms with van der Waals surface area (Å²) in [5.41, 5.74) is 0.881. The standard InChI is InChI=1S/C16H23ClFNO/c1-2-8-19-15(11-12-6-9-20-10-7-12)13-4-3-5-14(18)16(13)17/h3-5,12,15,19H,2,6-11H2,1H3. The van der Waals surface area contributed by atoms with Gasteiger partial charge in [0, 0.05) is 19.3 Å². The van der Waals surface area contributed by atoms with E-state index in [1.807, 2.05) is 6.07 Å². The molecule has 20 heavy (non-hydrogen) atoms. The molecule has 0 amide bonds. The van der Waals surface area contributed by atoms with Gasteiger partial charge in [0.1, 0.15) is 5.82 Å². The van der Waals surface area contributed by atoms with Crippen molar-refractivity contribution in [1.82, 2.24) is 5.32 Å². The molecule has 1 unspecified atom stereocenters. The number of rotatable bonds is 6. The van der Waals surface area contributed by atoms with Crippen molar-refractivity contribution in [2.45, 2.75) is 38.6 Å². The zero-order valence-electron chi connectivity index (χ0n) is 12.0. The first-order valence-corrected chi connectivity index (χ1v) is 7.85. The summed E-state index contributed by atoms with van der Waals surface area (Å²) in [7, 11) is 0. The maximum Gasteiger partial charge on any atom is 0.142 e. The summed E-state index contributed by atoms with van der Waals surface area (Å²) in [6.07, 6.45) is 4.21. The number of nitrogens with one attached hydrogen (secondary N) is 1. The van der Waals surface area contributed by atoms with E-state index in [2.05, 4.69) is 12.2 Å². The number of halogens is 2. The maximum absolute atomic E-state index is 13.7. The molecule has 1 aliphatic rings. The van der Waals surface area contributed by atoms with Crippen LogP contribution in [0.5, 0.6) is 0 Å². The van der Waals surface area contributed by atoms with Gasteiger partial charge in [0.15, 0.2) is 0 Å². The van der Waals surface area contributed by atoms with Crippen LogP contribution in [0.1, 0.15) is 44.2 Å². The summed E-state index contributed by atoms with van der Waals surface area (Å²) >= 11 is 6.14. The predicted molar refractivity (Wildman–Crippen MR) is 80.6 cm³/mol. The normalized spacial score (nSPS) is 18.1. The zero-order chi connectivity index (χ0) is 14.4. The van der Waals surface area contributed by atoms with Crippen molar-refractivity contribution in [1.29, 1.82) is 0 Å². The molecule has 1 N–H and O–H groups in total. The Morgan fingerprint density at radius 1 is 1.40 bits per heavy atom. The molecule has 2 nitrogen and oxygen atoms in total. The summed E-state index contributed by atoms with van der Waals surface area (Å²) in [6, 6.07) is 5.21. The first-order chi connectivity index (χ1) is 9.72. The second-order valence-electron chi connectivity index (χ2n) is 5.44. The lowest BCUT2D eigenvalue weighted by molar-refractivity contribution is 0.0605. The average molecular weight is 300 g/mol. The van der Waals surface area contributed by atoms with Crippen LogP contribution >= 0.6 is 11.6 Å². The Morgan fingerprint density at radius 2 is 2.15 bits per heavy atom. The van der Waals surface area contributed by atoms with Gasteiger partial charge in [-0.2, -0.15) is 0 Å². The van der Waals surface area contributed by atoms with Gasteiger partial charge in [0.2, 0.25) is 0 Å². The van der Waals surface area contributed by atoms with Crippen molar-refractivity contribution in [2.75, 3.05) is 19.8 Å². The SMILES string of the molecule is CCCNC(CC1CCOCC1)c1cccc(F)c1Cl. The van der Waals surface area contributed by atoms with Crippen LogP contribution in [0.25, 0.3) is 0 Å². The fourth-order valence-corrected chi connectivity index (χ4v) is 3.00. The number of ether oxygens (including phenoxy) is 1. The van der Waals surface area contributed by atoms with Crippen molar-refractivity contribution in [2.24, 2.45) is 5.92 Å². The third-order valence-electron chi connectivity index (χ3n) is 3.91. The highest BCUT2D eigenvalue weighted by Crippen LogP contribution is 2.32. The van der Waals surface area contributed by atoms with E-state index in [0.29, 0.717) is 5.92 Å². The van der Waals surface area contributed by atoms with E-state index in [-0.39, 0.29) is 16.9 Å². The van der Waals surface area contributed by atoms with E-state index in [1.165, 1.54) is 6.07 Å². The van der Waals surface area contributed by atoms with E-state index >= 15 is 0 Å². The molecule has 0 aliphatic carbocycles. The van der Waals surface area contributed by atoms with Gasteiger partial charge in [-0.3, -0.25) is 0 Å². The smallest absolute Gasteiger partial charge is 0.142 e. The van der Waals surface area contributed by atoms with Gasteiger partial charge in [0.05, 0.1) is 5.02 Å². The van der Waals surface area contributed by atoms with E-state index in [0.717, 1.165) is 51.0 Å². The van der Waals surface area contributed by atoms with Crippen molar-refractivity contribution in [3.8, 4) is 0 Å². The molecule has 0 spiro atoms. The van der Waals surface area contributed by atoms with Crippen molar-refractivity contribution >= 4 is 11.6 Å². The number of hydrogen-bond donors (Lipinski definition) is 1. The summed E-state index contributed by atoms with van der Waals surface area (Å²) in [6.45, 7) is 4.72. The minimum atomic E-state index is -0.334. The summed E-state index contributed by atoms with van der Waals surface area (Å²) in [5, 5.41) is 3.77. The van der Waals surface area contributed by atoms with Crippen LogP contribution in [0.3, 0.4) is 0 Å². The largest absolute Gasteiger partial charge is 0.381 e. The summed E-state index contributed by atoms with van der Waals surface area (Å²) in [4.78, 5) is 0. The Balaban J connectivity index is 2.11. The molecular weight excluding hydrogens is 277 g/mol. The van der Waals surface area contributed by atoms with Crippen LogP contribution in [-0.2, 0) is 4.74 Å². The van der Waals surface area contributed by atoms with Crippen LogP contribution < -0.4 is 5.32 Å². The van der Waals surface area contributed by atoms with E-state index in [1.54, 1.807) is 6.07 Å². The van der Waals surface area contributed by atoms with Gasteiger partial charge in [-0.05, 0) is 49.8 Å².